The maximum absolute atomic E-state index is 13.2. The average Bonchev–Trinajstić information content (AvgIpc) is 2.11. The number of hydrogen-bond donors (Lipinski definition) is 1. The van der Waals surface area contributed by atoms with Crippen LogP contribution in [0.25, 0.3) is 0 Å². The second kappa shape index (κ2) is 4.53. The number of aliphatic hydroxyl groups is 1. The molecule has 0 saturated heterocycles. The summed E-state index contributed by atoms with van der Waals surface area (Å²) in [7, 11) is 0. The van der Waals surface area contributed by atoms with E-state index in [9.17, 15) is 13.9 Å². The summed E-state index contributed by atoms with van der Waals surface area (Å²) in [4.78, 5) is 0. The summed E-state index contributed by atoms with van der Waals surface area (Å²) in [6, 6.07) is 1.74. The van der Waals surface area contributed by atoms with Gasteiger partial charge in [0.2, 0.25) is 0 Å². The van der Waals surface area contributed by atoms with Crippen LogP contribution >= 0.6 is 11.6 Å². The van der Waals surface area contributed by atoms with Crippen LogP contribution in [0.15, 0.2) is 24.8 Å². The molecule has 0 heterocycles. The van der Waals surface area contributed by atoms with E-state index in [0.29, 0.717) is 0 Å². The molecule has 1 aromatic carbocycles. The van der Waals surface area contributed by atoms with Crippen LogP contribution in [0, 0.1) is 11.6 Å². The van der Waals surface area contributed by atoms with Crippen LogP contribution in [0.4, 0.5) is 8.78 Å². The fourth-order valence-corrected chi connectivity index (χ4v) is 1.23. The molecule has 1 atom stereocenters. The Labute approximate surface area is 85.6 Å². The molecule has 1 nitrogen and oxygen atoms in total. The molecule has 14 heavy (non-hydrogen) atoms. The lowest BCUT2D eigenvalue weighted by Crippen LogP contribution is -2.00. The zero-order valence-electron chi connectivity index (χ0n) is 7.30. The zero-order valence-corrected chi connectivity index (χ0v) is 8.06. The molecule has 0 aliphatic rings. The molecule has 1 aromatic rings. The van der Waals surface area contributed by atoms with E-state index in [1.54, 1.807) is 0 Å². The van der Waals surface area contributed by atoms with Crippen molar-refractivity contribution in [2.45, 2.75) is 12.5 Å². The third-order valence-corrected chi connectivity index (χ3v) is 2.08. The van der Waals surface area contributed by atoms with Crippen LogP contribution in [-0.4, -0.2) is 5.11 Å². The van der Waals surface area contributed by atoms with Crippen molar-refractivity contribution in [1.29, 1.82) is 0 Å². The fourth-order valence-electron chi connectivity index (χ4n) is 1.08. The van der Waals surface area contributed by atoms with Crippen LogP contribution in [0.1, 0.15) is 18.1 Å². The SMILES string of the molecule is C=CCC(O)c1cc(F)c(Cl)cc1F. The minimum Gasteiger partial charge on any atom is -0.388 e. The predicted molar refractivity (Wildman–Crippen MR) is 51.1 cm³/mol. The molecule has 0 aliphatic heterocycles. The molecular formula is C10H9ClF2O. The van der Waals surface area contributed by atoms with Gasteiger partial charge in [0.15, 0.2) is 0 Å². The average molecular weight is 219 g/mol. The fraction of sp³-hybridized carbons (Fsp3) is 0.200. The topological polar surface area (TPSA) is 20.2 Å². The van der Waals surface area contributed by atoms with Crippen LogP contribution in [-0.2, 0) is 0 Å². The first-order valence-electron chi connectivity index (χ1n) is 3.99. The van der Waals surface area contributed by atoms with Gasteiger partial charge in [-0.2, -0.15) is 0 Å². The Hall–Kier alpha value is -0.930. The quantitative estimate of drug-likeness (QED) is 0.610. The lowest BCUT2D eigenvalue weighted by atomic mass is 10.1. The standard InChI is InChI=1S/C10H9ClF2O/c1-2-3-10(14)6-4-9(13)7(11)5-8(6)12/h2,4-5,10,14H,1,3H2. The Balaban J connectivity index is 3.08. The van der Waals surface area contributed by atoms with Crippen LogP contribution < -0.4 is 0 Å². The van der Waals surface area contributed by atoms with Crippen molar-refractivity contribution in [2.75, 3.05) is 0 Å². The maximum atomic E-state index is 13.2. The van der Waals surface area contributed by atoms with E-state index in [4.69, 9.17) is 11.6 Å². The Kier molecular flexibility index (Phi) is 3.61. The summed E-state index contributed by atoms with van der Waals surface area (Å²) in [6.07, 6.45) is 0.508. The summed E-state index contributed by atoms with van der Waals surface area (Å²) < 4.78 is 26.1. The smallest absolute Gasteiger partial charge is 0.142 e. The number of halogens is 3. The number of rotatable bonds is 3. The Morgan fingerprint density at radius 3 is 2.64 bits per heavy atom. The van der Waals surface area contributed by atoms with Crippen molar-refractivity contribution >= 4 is 11.6 Å². The molecule has 1 N–H and O–H groups in total. The number of aliphatic hydroxyl groups excluding tert-OH is 1. The van der Waals surface area contributed by atoms with Crippen molar-refractivity contribution in [3.8, 4) is 0 Å². The first-order valence-corrected chi connectivity index (χ1v) is 4.37. The third-order valence-electron chi connectivity index (χ3n) is 1.79. The number of benzene rings is 1. The highest BCUT2D eigenvalue weighted by Gasteiger charge is 2.14. The third kappa shape index (κ3) is 2.30. The Morgan fingerprint density at radius 1 is 1.43 bits per heavy atom. The first kappa shape index (κ1) is 11.1. The van der Waals surface area contributed by atoms with Gasteiger partial charge >= 0.3 is 0 Å². The van der Waals surface area contributed by atoms with E-state index < -0.39 is 17.7 Å². The van der Waals surface area contributed by atoms with E-state index in [1.807, 2.05) is 0 Å². The summed E-state index contributed by atoms with van der Waals surface area (Å²) >= 11 is 5.35. The van der Waals surface area contributed by atoms with Gasteiger partial charge in [-0.3, -0.25) is 0 Å². The Morgan fingerprint density at radius 2 is 2.07 bits per heavy atom. The van der Waals surface area contributed by atoms with Crippen molar-refractivity contribution in [2.24, 2.45) is 0 Å². The molecule has 0 spiro atoms. The molecule has 0 aromatic heterocycles. The van der Waals surface area contributed by atoms with Crippen molar-refractivity contribution in [3.05, 3.63) is 47.0 Å². The van der Waals surface area contributed by atoms with Crippen LogP contribution in [0.2, 0.25) is 5.02 Å². The molecule has 4 heteroatoms. The van der Waals surface area contributed by atoms with E-state index in [1.165, 1.54) is 6.08 Å². The van der Waals surface area contributed by atoms with Gasteiger partial charge < -0.3 is 5.11 Å². The molecular weight excluding hydrogens is 210 g/mol. The highest BCUT2D eigenvalue weighted by molar-refractivity contribution is 6.30. The molecule has 0 aliphatic carbocycles. The minimum absolute atomic E-state index is 0.105. The number of hydrogen-bond acceptors (Lipinski definition) is 1. The highest BCUT2D eigenvalue weighted by Crippen LogP contribution is 2.25. The molecule has 0 bridgehead atoms. The van der Waals surface area contributed by atoms with Gasteiger partial charge in [0.25, 0.3) is 0 Å². The van der Waals surface area contributed by atoms with Gasteiger partial charge in [-0.15, -0.1) is 6.58 Å². The van der Waals surface area contributed by atoms with Gasteiger partial charge in [0.05, 0.1) is 11.1 Å². The summed E-state index contributed by atoms with van der Waals surface area (Å²) in [5.74, 6) is -1.46. The normalized spacial score (nSPS) is 12.6. The van der Waals surface area contributed by atoms with E-state index in [-0.39, 0.29) is 17.0 Å². The predicted octanol–water partition coefficient (Wildman–Crippen LogP) is 3.23. The van der Waals surface area contributed by atoms with Gasteiger partial charge in [0.1, 0.15) is 11.6 Å². The van der Waals surface area contributed by atoms with Crippen molar-refractivity contribution in [3.63, 3.8) is 0 Å². The Bertz CT molecular complexity index is 352. The molecule has 1 rings (SSSR count). The van der Waals surface area contributed by atoms with Crippen molar-refractivity contribution < 1.29 is 13.9 Å². The second-order valence-corrected chi connectivity index (χ2v) is 3.24. The lowest BCUT2D eigenvalue weighted by Gasteiger charge is -2.10. The molecule has 0 saturated carbocycles. The van der Waals surface area contributed by atoms with E-state index >= 15 is 0 Å². The van der Waals surface area contributed by atoms with Crippen LogP contribution in [0.5, 0.6) is 0 Å². The second-order valence-electron chi connectivity index (χ2n) is 2.83. The van der Waals surface area contributed by atoms with Crippen LogP contribution in [0.3, 0.4) is 0 Å². The molecule has 0 amide bonds. The summed E-state index contributed by atoms with van der Waals surface area (Å²) in [6.45, 7) is 3.39. The monoisotopic (exact) mass is 218 g/mol. The van der Waals surface area contributed by atoms with Gasteiger partial charge in [0, 0.05) is 5.56 Å². The largest absolute Gasteiger partial charge is 0.388 e. The first-order chi connectivity index (χ1) is 6.56. The van der Waals surface area contributed by atoms with Gasteiger partial charge in [-0.05, 0) is 18.6 Å². The minimum atomic E-state index is -1.08. The van der Waals surface area contributed by atoms with E-state index in [0.717, 1.165) is 12.1 Å². The van der Waals surface area contributed by atoms with Gasteiger partial charge in [-0.25, -0.2) is 8.78 Å². The van der Waals surface area contributed by atoms with Crippen molar-refractivity contribution in [1.82, 2.24) is 0 Å². The highest BCUT2D eigenvalue weighted by atomic mass is 35.5. The van der Waals surface area contributed by atoms with Gasteiger partial charge in [-0.1, -0.05) is 17.7 Å². The zero-order chi connectivity index (χ0) is 10.7. The molecule has 0 fully saturated rings. The molecule has 0 radical (unpaired) electrons. The van der Waals surface area contributed by atoms with E-state index in [2.05, 4.69) is 6.58 Å². The molecule has 76 valence electrons. The summed E-state index contributed by atoms with van der Waals surface area (Å²) in [5, 5.41) is 9.10. The maximum Gasteiger partial charge on any atom is 0.142 e. The summed E-state index contributed by atoms with van der Waals surface area (Å²) in [5.41, 5.74) is -0.105. The lowest BCUT2D eigenvalue weighted by molar-refractivity contribution is 0.176. The molecule has 1 unspecified atom stereocenters.